The minimum absolute atomic E-state index is 0.238. The Balaban J connectivity index is 1.83. The van der Waals surface area contributed by atoms with Crippen LogP contribution in [0.1, 0.15) is 23.6 Å². The fourth-order valence-electron chi connectivity index (χ4n) is 2.33. The Morgan fingerprint density at radius 2 is 2.06 bits per heavy atom. The molecule has 0 aliphatic carbocycles. The predicted octanol–water partition coefficient (Wildman–Crippen LogP) is 1.90. The Labute approximate surface area is 114 Å². The number of hydrogen-bond donors (Lipinski definition) is 1. The molecule has 4 nitrogen and oxygen atoms in total. The molecule has 1 aromatic heterocycles. The van der Waals surface area contributed by atoms with Crippen LogP contribution in [0.15, 0.2) is 28.7 Å². The molecule has 2 N–H and O–H groups in total. The molecule has 0 spiro atoms. The third kappa shape index (κ3) is 2.33. The third-order valence-corrected chi connectivity index (χ3v) is 3.88. The average molecular weight is 307 g/mol. The van der Waals surface area contributed by atoms with E-state index in [1.54, 1.807) is 0 Å². The number of benzene rings is 1. The van der Waals surface area contributed by atoms with Crippen LogP contribution in [0, 0.1) is 0 Å². The summed E-state index contributed by atoms with van der Waals surface area (Å²) in [5.41, 5.74) is 7.19. The maximum atomic E-state index is 5.94. The second-order valence-electron chi connectivity index (χ2n) is 4.74. The first kappa shape index (κ1) is 11.9. The first-order valence-corrected chi connectivity index (χ1v) is 6.92. The number of nitrogens with two attached hydrogens (primary N) is 1. The van der Waals surface area contributed by atoms with Gasteiger partial charge in [-0.1, -0.05) is 28.1 Å². The minimum atomic E-state index is 0.238. The lowest BCUT2D eigenvalue weighted by molar-refractivity contribution is 0.455. The lowest BCUT2D eigenvalue weighted by atomic mass is 10.1. The summed E-state index contributed by atoms with van der Waals surface area (Å²) in [7, 11) is 0. The zero-order valence-corrected chi connectivity index (χ0v) is 11.6. The van der Waals surface area contributed by atoms with Gasteiger partial charge in [0.15, 0.2) is 0 Å². The lowest BCUT2D eigenvalue weighted by Gasteiger charge is -2.20. The first-order chi connectivity index (χ1) is 8.72. The maximum Gasteiger partial charge on any atom is 0.137 e. The molecule has 1 atom stereocenters. The van der Waals surface area contributed by atoms with Crippen LogP contribution in [0.3, 0.4) is 0 Å². The van der Waals surface area contributed by atoms with Gasteiger partial charge in [0, 0.05) is 29.9 Å². The van der Waals surface area contributed by atoms with Crippen molar-refractivity contribution in [3.8, 4) is 0 Å². The van der Waals surface area contributed by atoms with Crippen LogP contribution >= 0.6 is 15.9 Å². The molecule has 0 bridgehead atoms. The summed E-state index contributed by atoms with van der Waals surface area (Å²) < 4.78 is 3.31. The van der Waals surface area contributed by atoms with Gasteiger partial charge >= 0.3 is 0 Å². The predicted molar refractivity (Wildman–Crippen MR) is 73.3 cm³/mol. The fourth-order valence-corrected chi connectivity index (χ4v) is 2.59. The number of halogens is 1. The van der Waals surface area contributed by atoms with Crippen LogP contribution in [-0.2, 0) is 19.4 Å². The van der Waals surface area contributed by atoms with E-state index in [2.05, 4.69) is 55.0 Å². The Morgan fingerprint density at radius 3 is 2.83 bits per heavy atom. The van der Waals surface area contributed by atoms with Crippen LogP contribution < -0.4 is 5.73 Å². The number of hydrogen-bond acceptors (Lipinski definition) is 3. The van der Waals surface area contributed by atoms with Gasteiger partial charge in [-0.3, -0.25) is 0 Å². The quantitative estimate of drug-likeness (QED) is 0.922. The molecular formula is C13H15BrN4. The van der Waals surface area contributed by atoms with Crippen molar-refractivity contribution in [3.63, 3.8) is 0 Å². The van der Waals surface area contributed by atoms with E-state index < -0.39 is 0 Å². The SMILES string of the molecule is NC1CCn2c(Cc3ccc(Br)cc3)nnc2C1. The van der Waals surface area contributed by atoms with Crippen LogP contribution in [-0.4, -0.2) is 20.8 Å². The second-order valence-corrected chi connectivity index (χ2v) is 5.66. The highest BCUT2D eigenvalue weighted by Gasteiger charge is 2.20. The van der Waals surface area contributed by atoms with Gasteiger partial charge in [-0.15, -0.1) is 10.2 Å². The maximum absolute atomic E-state index is 5.94. The molecule has 2 aromatic rings. The number of fused-ring (bicyclic) bond motifs is 1. The van der Waals surface area contributed by atoms with Gasteiger partial charge in [0.25, 0.3) is 0 Å². The van der Waals surface area contributed by atoms with E-state index in [1.807, 2.05) is 0 Å². The van der Waals surface area contributed by atoms with Gasteiger partial charge in [-0.05, 0) is 24.1 Å². The van der Waals surface area contributed by atoms with Crippen LogP contribution in [0.4, 0.5) is 0 Å². The summed E-state index contributed by atoms with van der Waals surface area (Å²) in [6.45, 7) is 0.940. The Bertz CT molecular complexity index is 547. The van der Waals surface area contributed by atoms with E-state index >= 15 is 0 Å². The minimum Gasteiger partial charge on any atom is -0.327 e. The third-order valence-electron chi connectivity index (χ3n) is 3.35. The molecule has 0 saturated carbocycles. The largest absolute Gasteiger partial charge is 0.327 e. The second kappa shape index (κ2) is 4.82. The van der Waals surface area contributed by atoms with Crippen LogP contribution in [0.5, 0.6) is 0 Å². The van der Waals surface area contributed by atoms with E-state index in [-0.39, 0.29) is 6.04 Å². The molecule has 1 aromatic carbocycles. The fraction of sp³-hybridized carbons (Fsp3) is 0.385. The summed E-state index contributed by atoms with van der Waals surface area (Å²) in [5, 5.41) is 8.54. The first-order valence-electron chi connectivity index (χ1n) is 6.13. The number of nitrogens with zero attached hydrogens (tertiary/aromatic N) is 3. The van der Waals surface area contributed by atoms with Gasteiger partial charge in [0.2, 0.25) is 0 Å². The van der Waals surface area contributed by atoms with Gasteiger partial charge in [0.05, 0.1) is 0 Å². The topological polar surface area (TPSA) is 56.7 Å². The highest BCUT2D eigenvalue weighted by atomic mass is 79.9. The molecule has 0 saturated heterocycles. The molecule has 1 aliphatic heterocycles. The normalized spacial score (nSPS) is 18.7. The molecule has 5 heteroatoms. The van der Waals surface area contributed by atoms with Crippen molar-refractivity contribution >= 4 is 15.9 Å². The summed E-state index contributed by atoms with van der Waals surface area (Å²) in [5.74, 6) is 2.07. The highest BCUT2D eigenvalue weighted by molar-refractivity contribution is 9.10. The molecule has 3 rings (SSSR count). The van der Waals surface area contributed by atoms with Gasteiger partial charge in [-0.25, -0.2) is 0 Å². The van der Waals surface area contributed by atoms with Gasteiger partial charge < -0.3 is 10.3 Å². The zero-order valence-electron chi connectivity index (χ0n) is 10.0. The molecule has 0 fully saturated rings. The lowest BCUT2D eigenvalue weighted by Crippen LogP contribution is -2.31. The molecule has 18 heavy (non-hydrogen) atoms. The molecule has 94 valence electrons. The smallest absolute Gasteiger partial charge is 0.137 e. The zero-order chi connectivity index (χ0) is 12.5. The van der Waals surface area contributed by atoms with Crippen LogP contribution in [0.25, 0.3) is 0 Å². The highest BCUT2D eigenvalue weighted by Crippen LogP contribution is 2.17. The van der Waals surface area contributed by atoms with E-state index in [4.69, 9.17) is 5.73 Å². The summed E-state index contributed by atoms with van der Waals surface area (Å²) in [6.07, 6.45) is 2.68. The Hall–Kier alpha value is -1.20. The van der Waals surface area contributed by atoms with Crippen molar-refractivity contribution in [1.82, 2.24) is 14.8 Å². The molecule has 1 unspecified atom stereocenters. The van der Waals surface area contributed by atoms with Gasteiger partial charge in [0.1, 0.15) is 11.6 Å². The van der Waals surface area contributed by atoms with Crippen molar-refractivity contribution < 1.29 is 0 Å². The molecular weight excluding hydrogens is 292 g/mol. The number of rotatable bonds is 2. The molecule has 0 amide bonds. The van der Waals surface area contributed by atoms with E-state index in [1.165, 1.54) is 5.56 Å². The van der Waals surface area contributed by atoms with Crippen molar-refractivity contribution in [2.75, 3.05) is 0 Å². The van der Waals surface area contributed by atoms with E-state index in [0.29, 0.717) is 0 Å². The van der Waals surface area contributed by atoms with Crippen molar-refractivity contribution in [1.29, 1.82) is 0 Å². The van der Waals surface area contributed by atoms with Crippen molar-refractivity contribution in [3.05, 3.63) is 46.0 Å². The van der Waals surface area contributed by atoms with Gasteiger partial charge in [-0.2, -0.15) is 0 Å². The Kier molecular flexibility index (Phi) is 3.18. The van der Waals surface area contributed by atoms with E-state index in [9.17, 15) is 0 Å². The Morgan fingerprint density at radius 1 is 1.28 bits per heavy atom. The summed E-state index contributed by atoms with van der Waals surface area (Å²) in [6, 6.07) is 8.57. The summed E-state index contributed by atoms with van der Waals surface area (Å²) >= 11 is 3.44. The van der Waals surface area contributed by atoms with Crippen LogP contribution in [0.2, 0.25) is 0 Å². The van der Waals surface area contributed by atoms with Crippen molar-refractivity contribution in [2.45, 2.75) is 31.8 Å². The molecule has 1 aliphatic rings. The van der Waals surface area contributed by atoms with Crippen molar-refractivity contribution in [2.24, 2.45) is 5.73 Å². The summed E-state index contributed by atoms with van der Waals surface area (Å²) in [4.78, 5) is 0. The van der Waals surface area contributed by atoms with E-state index in [0.717, 1.165) is 41.9 Å². The molecule has 0 radical (unpaired) electrons. The molecule has 2 heterocycles. The monoisotopic (exact) mass is 306 g/mol. The standard InChI is InChI=1S/C13H15BrN4/c14-10-3-1-9(2-4-10)7-12-16-17-13-8-11(15)5-6-18(12)13/h1-4,11H,5-8,15H2. The average Bonchev–Trinajstić information content (AvgIpc) is 2.74. The number of aromatic nitrogens is 3.